The minimum absolute atomic E-state index is 0.0831. The van der Waals surface area contributed by atoms with E-state index < -0.39 is 5.97 Å². The Morgan fingerprint density at radius 1 is 1.08 bits per heavy atom. The van der Waals surface area contributed by atoms with Crippen molar-refractivity contribution in [1.82, 2.24) is 0 Å². The highest BCUT2D eigenvalue weighted by molar-refractivity contribution is 5.92. The summed E-state index contributed by atoms with van der Waals surface area (Å²) in [4.78, 5) is 22.6. The van der Waals surface area contributed by atoms with E-state index in [2.05, 4.69) is 5.32 Å². The SMILES string of the molecule is COCc1cccc(CC(=O)Nc2ccc(OCCCC(=O)O)cc2)c1. The smallest absolute Gasteiger partial charge is 0.303 e. The molecule has 0 bridgehead atoms. The molecule has 0 heterocycles. The van der Waals surface area contributed by atoms with Crippen LogP contribution in [0.15, 0.2) is 48.5 Å². The summed E-state index contributed by atoms with van der Waals surface area (Å²) >= 11 is 0. The van der Waals surface area contributed by atoms with Gasteiger partial charge in [-0.15, -0.1) is 0 Å². The number of nitrogens with one attached hydrogen (secondary N) is 1. The molecule has 6 heteroatoms. The molecule has 2 N–H and O–H groups in total. The topological polar surface area (TPSA) is 84.9 Å². The van der Waals surface area contributed by atoms with Gasteiger partial charge in [0.05, 0.1) is 19.6 Å². The molecular formula is C20H23NO5. The molecule has 0 radical (unpaired) electrons. The Labute approximate surface area is 152 Å². The van der Waals surface area contributed by atoms with Gasteiger partial charge >= 0.3 is 5.97 Å². The maximum Gasteiger partial charge on any atom is 0.303 e. The van der Waals surface area contributed by atoms with E-state index >= 15 is 0 Å². The second-order valence-corrected chi connectivity index (χ2v) is 5.85. The molecule has 1 amide bonds. The zero-order chi connectivity index (χ0) is 18.8. The predicted octanol–water partition coefficient (Wildman–Crippen LogP) is 3.26. The van der Waals surface area contributed by atoms with E-state index in [1.807, 2.05) is 24.3 Å². The summed E-state index contributed by atoms with van der Waals surface area (Å²) in [6.45, 7) is 0.860. The van der Waals surface area contributed by atoms with Crippen LogP contribution in [0.3, 0.4) is 0 Å². The first kappa shape index (κ1) is 19.5. The second kappa shape index (κ2) is 10.2. The van der Waals surface area contributed by atoms with Gasteiger partial charge in [-0.1, -0.05) is 24.3 Å². The zero-order valence-corrected chi connectivity index (χ0v) is 14.7. The van der Waals surface area contributed by atoms with Crippen LogP contribution >= 0.6 is 0 Å². The van der Waals surface area contributed by atoms with E-state index in [4.69, 9.17) is 14.6 Å². The van der Waals surface area contributed by atoms with Crippen molar-refractivity contribution >= 4 is 17.6 Å². The van der Waals surface area contributed by atoms with Gasteiger partial charge in [-0.3, -0.25) is 9.59 Å². The van der Waals surface area contributed by atoms with Gasteiger partial charge in [0.15, 0.2) is 0 Å². The molecular weight excluding hydrogens is 334 g/mol. The minimum atomic E-state index is -0.834. The first-order valence-corrected chi connectivity index (χ1v) is 8.38. The number of anilines is 1. The molecule has 2 aromatic rings. The predicted molar refractivity (Wildman–Crippen MR) is 98.3 cm³/mol. The van der Waals surface area contributed by atoms with Crippen molar-refractivity contribution in [1.29, 1.82) is 0 Å². The Kier molecular flexibility index (Phi) is 7.64. The third-order valence-electron chi connectivity index (χ3n) is 3.61. The van der Waals surface area contributed by atoms with Crippen LogP contribution in [-0.4, -0.2) is 30.7 Å². The molecule has 0 saturated carbocycles. The lowest BCUT2D eigenvalue weighted by atomic mass is 10.1. The summed E-state index contributed by atoms with van der Waals surface area (Å²) in [7, 11) is 1.64. The number of hydrogen-bond acceptors (Lipinski definition) is 4. The van der Waals surface area contributed by atoms with E-state index in [0.717, 1.165) is 11.1 Å². The van der Waals surface area contributed by atoms with Crippen LogP contribution in [0.25, 0.3) is 0 Å². The average Bonchev–Trinajstić information content (AvgIpc) is 2.60. The maximum absolute atomic E-state index is 12.2. The van der Waals surface area contributed by atoms with Gasteiger partial charge < -0.3 is 19.9 Å². The summed E-state index contributed by atoms with van der Waals surface area (Å²) < 4.78 is 10.6. The van der Waals surface area contributed by atoms with E-state index in [0.29, 0.717) is 31.1 Å². The average molecular weight is 357 g/mol. The van der Waals surface area contributed by atoms with Crippen molar-refractivity contribution in [2.45, 2.75) is 25.9 Å². The molecule has 2 rings (SSSR count). The van der Waals surface area contributed by atoms with Crippen LogP contribution in [0.1, 0.15) is 24.0 Å². The molecule has 0 unspecified atom stereocenters. The molecule has 0 aromatic heterocycles. The number of hydrogen-bond donors (Lipinski definition) is 2. The van der Waals surface area contributed by atoms with Gasteiger partial charge in [-0.25, -0.2) is 0 Å². The molecule has 6 nitrogen and oxygen atoms in total. The van der Waals surface area contributed by atoms with Gasteiger partial charge in [0.25, 0.3) is 0 Å². The standard InChI is InChI=1S/C20H23NO5/c1-25-14-16-5-2-4-15(12-16)13-19(22)21-17-7-9-18(10-8-17)26-11-3-6-20(23)24/h2,4-5,7-10,12H,3,6,11,13-14H2,1H3,(H,21,22)(H,23,24). The van der Waals surface area contributed by atoms with Crippen molar-refractivity contribution < 1.29 is 24.2 Å². The molecule has 0 saturated heterocycles. The number of aliphatic carboxylic acids is 1. The third-order valence-corrected chi connectivity index (χ3v) is 3.61. The van der Waals surface area contributed by atoms with E-state index in [-0.39, 0.29) is 18.7 Å². The van der Waals surface area contributed by atoms with E-state index in [1.165, 1.54) is 0 Å². The molecule has 2 aromatic carbocycles. The Balaban J connectivity index is 1.81. The highest BCUT2D eigenvalue weighted by Gasteiger charge is 2.06. The van der Waals surface area contributed by atoms with Crippen LogP contribution in [0.5, 0.6) is 5.75 Å². The van der Waals surface area contributed by atoms with E-state index in [9.17, 15) is 9.59 Å². The summed E-state index contributed by atoms with van der Waals surface area (Å²) in [5.41, 5.74) is 2.64. The number of ether oxygens (including phenoxy) is 2. The van der Waals surface area contributed by atoms with Crippen LogP contribution in [-0.2, 0) is 27.4 Å². The highest BCUT2D eigenvalue weighted by Crippen LogP contribution is 2.16. The number of carbonyl (C=O) groups excluding carboxylic acids is 1. The fourth-order valence-corrected chi connectivity index (χ4v) is 2.43. The van der Waals surface area contributed by atoms with Crippen molar-refractivity contribution in [3.63, 3.8) is 0 Å². The number of methoxy groups -OCH3 is 1. The first-order valence-electron chi connectivity index (χ1n) is 8.38. The summed E-state index contributed by atoms with van der Waals surface area (Å²) in [5.74, 6) is -0.297. The Morgan fingerprint density at radius 3 is 2.50 bits per heavy atom. The van der Waals surface area contributed by atoms with Crippen LogP contribution in [0, 0.1) is 0 Å². The van der Waals surface area contributed by atoms with Crippen LogP contribution < -0.4 is 10.1 Å². The first-order chi connectivity index (χ1) is 12.6. The number of amides is 1. The molecule has 26 heavy (non-hydrogen) atoms. The number of benzene rings is 2. The molecule has 0 aliphatic carbocycles. The molecule has 0 spiro atoms. The van der Waals surface area contributed by atoms with Crippen LogP contribution in [0.4, 0.5) is 5.69 Å². The van der Waals surface area contributed by atoms with Crippen molar-refractivity contribution in [2.24, 2.45) is 0 Å². The number of carboxylic acid groups (broad SMARTS) is 1. The molecule has 0 aliphatic heterocycles. The Morgan fingerprint density at radius 2 is 1.81 bits per heavy atom. The highest BCUT2D eigenvalue weighted by atomic mass is 16.5. The van der Waals surface area contributed by atoms with Crippen molar-refractivity contribution in [3.05, 3.63) is 59.7 Å². The third kappa shape index (κ3) is 6.94. The lowest BCUT2D eigenvalue weighted by Gasteiger charge is -2.09. The Bertz CT molecular complexity index is 727. The van der Waals surface area contributed by atoms with Gasteiger partial charge in [0.1, 0.15) is 5.75 Å². The second-order valence-electron chi connectivity index (χ2n) is 5.85. The monoisotopic (exact) mass is 357 g/mol. The fraction of sp³-hybridized carbons (Fsp3) is 0.300. The molecule has 0 aliphatic rings. The normalized spacial score (nSPS) is 10.3. The summed E-state index contributed by atoms with van der Waals surface area (Å²) in [5, 5.41) is 11.4. The van der Waals surface area contributed by atoms with Crippen molar-refractivity contribution in [2.75, 3.05) is 19.0 Å². The van der Waals surface area contributed by atoms with Gasteiger partial charge in [-0.05, 0) is 41.8 Å². The van der Waals surface area contributed by atoms with Gasteiger partial charge in [-0.2, -0.15) is 0 Å². The van der Waals surface area contributed by atoms with E-state index in [1.54, 1.807) is 31.4 Å². The zero-order valence-electron chi connectivity index (χ0n) is 14.7. The van der Waals surface area contributed by atoms with Crippen molar-refractivity contribution in [3.8, 4) is 5.75 Å². The van der Waals surface area contributed by atoms with Gasteiger partial charge in [0, 0.05) is 19.2 Å². The molecule has 138 valence electrons. The fourth-order valence-electron chi connectivity index (χ4n) is 2.43. The number of rotatable bonds is 10. The lowest BCUT2D eigenvalue weighted by molar-refractivity contribution is -0.137. The Hall–Kier alpha value is -2.86. The lowest BCUT2D eigenvalue weighted by Crippen LogP contribution is -2.14. The number of carboxylic acids is 1. The summed E-state index contributed by atoms with van der Waals surface area (Å²) in [6, 6.07) is 14.7. The minimum Gasteiger partial charge on any atom is -0.494 e. The molecule has 0 atom stereocenters. The largest absolute Gasteiger partial charge is 0.494 e. The maximum atomic E-state index is 12.2. The molecule has 0 fully saturated rings. The summed E-state index contributed by atoms with van der Waals surface area (Å²) in [6.07, 6.45) is 0.820. The quantitative estimate of drug-likeness (QED) is 0.638. The number of carbonyl (C=O) groups is 2. The van der Waals surface area contributed by atoms with Gasteiger partial charge in [0.2, 0.25) is 5.91 Å². The van der Waals surface area contributed by atoms with Crippen LogP contribution in [0.2, 0.25) is 0 Å².